The molecule has 0 atom stereocenters. The smallest absolute Gasteiger partial charge is 0.105 e. The van der Waals surface area contributed by atoms with Crippen LogP contribution < -0.4 is 5.73 Å². The van der Waals surface area contributed by atoms with Gasteiger partial charge >= 0.3 is 0 Å². The zero-order valence-corrected chi connectivity index (χ0v) is 12.9. The van der Waals surface area contributed by atoms with Gasteiger partial charge in [-0.15, -0.1) is 24.8 Å². The normalized spacial score (nSPS) is 11.6. The summed E-state index contributed by atoms with van der Waals surface area (Å²) in [4.78, 5) is 8.77. The summed E-state index contributed by atoms with van der Waals surface area (Å²) in [6.45, 7) is 6.13. The lowest BCUT2D eigenvalue weighted by molar-refractivity contribution is 0.585. The Kier molecular flexibility index (Phi) is 6.27. The number of nitrogens with zero attached hydrogens (tertiary/aromatic N) is 2. The Morgan fingerprint density at radius 3 is 2.42 bits per heavy atom. The monoisotopic (exact) mass is 299 g/mol. The number of rotatable bonds is 1. The summed E-state index contributed by atoms with van der Waals surface area (Å²) in [5, 5.41) is 1.08. The Labute approximate surface area is 126 Å². The molecule has 104 valence electrons. The summed E-state index contributed by atoms with van der Waals surface area (Å²) < 4.78 is 0. The number of nitrogens with two attached hydrogens (primary N) is 1. The molecular formula is C14H19Cl2N3. The lowest BCUT2D eigenvalue weighted by atomic mass is 9.95. The SMILES string of the molecule is CC(C)(C)C(N)=Nc1cnc2ccccc2c1.Cl.Cl. The highest BCUT2D eigenvalue weighted by Gasteiger charge is 2.15. The maximum atomic E-state index is 5.95. The molecule has 0 saturated heterocycles. The van der Waals surface area contributed by atoms with E-state index < -0.39 is 0 Å². The number of pyridine rings is 1. The summed E-state index contributed by atoms with van der Waals surface area (Å²) in [5.41, 5.74) is 7.60. The number of hydrogen-bond acceptors (Lipinski definition) is 2. The molecule has 0 saturated carbocycles. The molecule has 2 rings (SSSR count). The van der Waals surface area contributed by atoms with Crippen molar-refractivity contribution in [3.8, 4) is 0 Å². The van der Waals surface area contributed by atoms with Gasteiger partial charge in [-0.05, 0) is 12.1 Å². The molecule has 1 aromatic heterocycles. The van der Waals surface area contributed by atoms with Gasteiger partial charge < -0.3 is 5.73 Å². The van der Waals surface area contributed by atoms with E-state index in [1.54, 1.807) is 6.20 Å². The molecule has 0 unspecified atom stereocenters. The van der Waals surface area contributed by atoms with Gasteiger partial charge in [0.05, 0.1) is 17.4 Å². The molecule has 19 heavy (non-hydrogen) atoms. The zero-order chi connectivity index (χ0) is 12.5. The molecule has 2 aromatic rings. The Bertz CT molecular complexity index is 574. The van der Waals surface area contributed by atoms with Gasteiger partial charge in [0.2, 0.25) is 0 Å². The van der Waals surface area contributed by atoms with Crippen LogP contribution in [0.3, 0.4) is 0 Å². The van der Waals surface area contributed by atoms with Crippen molar-refractivity contribution in [2.24, 2.45) is 16.1 Å². The number of halogens is 2. The van der Waals surface area contributed by atoms with Gasteiger partial charge in [0.15, 0.2) is 0 Å². The van der Waals surface area contributed by atoms with Crippen molar-refractivity contribution in [3.63, 3.8) is 0 Å². The molecule has 5 heteroatoms. The van der Waals surface area contributed by atoms with Crippen LogP contribution in [-0.2, 0) is 0 Å². The van der Waals surface area contributed by atoms with Gasteiger partial charge in [-0.2, -0.15) is 0 Å². The van der Waals surface area contributed by atoms with E-state index in [1.165, 1.54) is 0 Å². The first kappa shape index (κ1) is 17.7. The van der Waals surface area contributed by atoms with Gasteiger partial charge in [0.1, 0.15) is 5.84 Å². The molecule has 0 bridgehead atoms. The van der Waals surface area contributed by atoms with Crippen LogP contribution in [-0.4, -0.2) is 10.8 Å². The summed E-state index contributed by atoms with van der Waals surface area (Å²) in [6, 6.07) is 9.97. The first-order chi connectivity index (χ1) is 7.97. The fourth-order valence-corrected chi connectivity index (χ4v) is 1.43. The van der Waals surface area contributed by atoms with Crippen LogP contribution in [0.2, 0.25) is 0 Å². The first-order valence-corrected chi connectivity index (χ1v) is 5.66. The molecular weight excluding hydrogens is 281 g/mol. The number of amidine groups is 1. The first-order valence-electron chi connectivity index (χ1n) is 5.66. The van der Waals surface area contributed by atoms with E-state index >= 15 is 0 Å². The molecule has 3 nitrogen and oxygen atoms in total. The van der Waals surface area contributed by atoms with Crippen LogP contribution in [0.4, 0.5) is 5.69 Å². The van der Waals surface area contributed by atoms with Gasteiger partial charge in [0.25, 0.3) is 0 Å². The quantitative estimate of drug-likeness (QED) is 0.636. The van der Waals surface area contributed by atoms with E-state index in [1.807, 2.05) is 51.1 Å². The van der Waals surface area contributed by atoms with Crippen LogP contribution in [0.1, 0.15) is 20.8 Å². The summed E-state index contributed by atoms with van der Waals surface area (Å²) >= 11 is 0. The standard InChI is InChI=1S/C14H17N3.2ClH/c1-14(2,3)13(15)17-11-8-10-6-4-5-7-12(10)16-9-11;;/h4-9H,1-3H3,(H2,15,17);2*1H. The molecule has 1 heterocycles. The van der Waals surface area contributed by atoms with Crippen molar-refractivity contribution in [2.75, 3.05) is 0 Å². The highest BCUT2D eigenvalue weighted by atomic mass is 35.5. The fraction of sp³-hybridized carbons (Fsp3) is 0.286. The minimum atomic E-state index is -0.119. The highest BCUT2D eigenvalue weighted by molar-refractivity contribution is 5.89. The third-order valence-corrected chi connectivity index (χ3v) is 2.59. The second-order valence-electron chi connectivity index (χ2n) is 5.13. The topological polar surface area (TPSA) is 51.3 Å². The lowest BCUT2D eigenvalue weighted by Gasteiger charge is -2.17. The maximum absolute atomic E-state index is 5.95. The molecule has 2 N–H and O–H groups in total. The third kappa shape index (κ3) is 4.37. The number of aliphatic imine (C=N–C) groups is 1. The number of para-hydroxylation sites is 1. The average molecular weight is 300 g/mol. The molecule has 0 radical (unpaired) electrons. The van der Waals surface area contributed by atoms with Crippen molar-refractivity contribution in [1.82, 2.24) is 4.98 Å². The van der Waals surface area contributed by atoms with Crippen LogP contribution in [0.15, 0.2) is 41.5 Å². The Morgan fingerprint density at radius 1 is 1.16 bits per heavy atom. The van der Waals surface area contributed by atoms with Crippen LogP contribution in [0.25, 0.3) is 10.9 Å². The molecule has 0 spiro atoms. The van der Waals surface area contributed by atoms with Crippen molar-refractivity contribution >= 4 is 47.2 Å². The minimum absolute atomic E-state index is 0. The van der Waals surface area contributed by atoms with E-state index in [9.17, 15) is 0 Å². The van der Waals surface area contributed by atoms with Gasteiger partial charge in [0, 0.05) is 10.8 Å². The van der Waals surface area contributed by atoms with Crippen LogP contribution in [0.5, 0.6) is 0 Å². The largest absolute Gasteiger partial charge is 0.387 e. The third-order valence-electron chi connectivity index (χ3n) is 2.59. The minimum Gasteiger partial charge on any atom is -0.387 e. The van der Waals surface area contributed by atoms with Crippen LogP contribution >= 0.6 is 24.8 Å². The molecule has 0 aliphatic rings. The Balaban J connectivity index is 0.00000162. The highest BCUT2D eigenvalue weighted by Crippen LogP contribution is 2.21. The molecule has 1 aromatic carbocycles. The maximum Gasteiger partial charge on any atom is 0.105 e. The fourth-order valence-electron chi connectivity index (χ4n) is 1.43. The molecule has 0 amide bonds. The van der Waals surface area contributed by atoms with E-state index in [0.717, 1.165) is 16.6 Å². The van der Waals surface area contributed by atoms with Crippen molar-refractivity contribution in [2.45, 2.75) is 20.8 Å². The Morgan fingerprint density at radius 2 is 1.79 bits per heavy atom. The second-order valence-corrected chi connectivity index (χ2v) is 5.13. The number of aromatic nitrogens is 1. The van der Waals surface area contributed by atoms with E-state index in [4.69, 9.17) is 5.73 Å². The lowest BCUT2D eigenvalue weighted by Crippen LogP contribution is -2.28. The van der Waals surface area contributed by atoms with Crippen LogP contribution in [0, 0.1) is 5.41 Å². The second kappa shape index (κ2) is 6.73. The number of fused-ring (bicyclic) bond motifs is 1. The number of hydrogen-bond donors (Lipinski definition) is 1. The van der Waals surface area contributed by atoms with Gasteiger partial charge in [-0.1, -0.05) is 39.0 Å². The molecule has 0 fully saturated rings. The predicted octanol–water partition coefficient (Wildman–Crippen LogP) is 4.11. The van der Waals surface area contributed by atoms with E-state index in [0.29, 0.717) is 5.84 Å². The summed E-state index contributed by atoms with van der Waals surface area (Å²) in [5.74, 6) is 0.620. The molecule has 0 aliphatic carbocycles. The zero-order valence-electron chi connectivity index (χ0n) is 11.3. The number of benzene rings is 1. The predicted molar refractivity (Wildman–Crippen MR) is 87.0 cm³/mol. The summed E-state index contributed by atoms with van der Waals surface area (Å²) in [6.07, 6.45) is 1.75. The van der Waals surface area contributed by atoms with Gasteiger partial charge in [-0.25, -0.2) is 4.99 Å². The van der Waals surface area contributed by atoms with Crippen molar-refractivity contribution < 1.29 is 0 Å². The van der Waals surface area contributed by atoms with Gasteiger partial charge in [-0.3, -0.25) is 4.98 Å². The molecule has 0 aliphatic heterocycles. The summed E-state index contributed by atoms with van der Waals surface area (Å²) in [7, 11) is 0. The van der Waals surface area contributed by atoms with E-state index in [-0.39, 0.29) is 30.2 Å². The van der Waals surface area contributed by atoms with Crippen molar-refractivity contribution in [3.05, 3.63) is 36.5 Å². The average Bonchev–Trinajstić information content (AvgIpc) is 2.27. The Hall–Kier alpha value is -1.32. The van der Waals surface area contributed by atoms with Crippen molar-refractivity contribution in [1.29, 1.82) is 0 Å². The van der Waals surface area contributed by atoms with E-state index in [2.05, 4.69) is 9.98 Å².